The van der Waals surface area contributed by atoms with Crippen LogP contribution in [0.3, 0.4) is 0 Å². The minimum absolute atomic E-state index is 0.0665. The SMILES string of the molecule is CC1(C)Oc2ccc(C(F)(F)F)cc2C(n2ccccc2=O)=C1NC=O. The van der Waals surface area contributed by atoms with E-state index >= 15 is 0 Å². The van der Waals surface area contributed by atoms with Gasteiger partial charge in [-0.2, -0.15) is 13.2 Å². The van der Waals surface area contributed by atoms with Crippen LogP contribution < -0.4 is 15.6 Å². The molecule has 0 saturated carbocycles. The molecule has 1 aliphatic rings. The van der Waals surface area contributed by atoms with E-state index in [0.29, 0.717) is 6.41 Å². The van der Waals surface area contributed by atoms with Gasteiger partial charge >= 0.3 is 6.18 Å². The van der Waals surface area contributed by atoms with Gasteiger partial charge in [-0.3, -0.25) is 14.2 Å². The maximum absolute atomic E-state index is 13.2. The van der Waals surface area contributed by atoms with E-state index in [2.05, 4.69) is 5.32 Å². The highest BCUT2D eigenvalue weighted by molar-refractivity contribution is 5.78. The maximum atomic E-state index is 13.2. The standard InChI is InChI=1S/C18H15F3N2O3/c1-17(2)16(22-10-24)15(23-8-4-3-5-14(23)25)12-9-11(18(19,20)21)6-7-13(12)26-17/h3-10H,1-2H3,(H,22,24). The molecule has 0 saturated heterocycles. The summed E-state index contributed by atoms with van der Waals surface area (Å²) in [5.41, 5.74) is -2.01. The average Bonchev–Trinajstić information content (AvgIpc) is 2.55. The van der Waals surface area contributed by atoms with Crippen molar-refractivity contribution in [2.75, 3.05) is 0 Å². The zero-order valence-electron chi connectivity index (χ0n) is 13.9. The number of benzene rings is 1. The fourth-order valence-corrected chi connectivity index (χ4v) is 2.89. The molecule has 1 aliphatic heterocycles. The third kappa shape index (κ3) is 2.98. The molecule has 0 aliphatic carbocycles. The molecule has 0 bridgehead atoms. The van der Waals surface area contributed by atoms with Gasteiger partial charge in [-0.15, -0.1) is 0 Å². The molecule has 2 aromatic rings. The van der Waals surface area contributed by atoms with Gasteiger partial charge in [-0.05, 0) is 38.1 Å². The summed E-state index contributed by atoms with van der Waals surface area (Å²) < 4.78 is 46.5. The first-order valence-electron chi connectivity index (χ1n) is 7.69. The van der Waals surface area contributed by atoms with Crippen molar-refractivity contribution in [3.63, 3.8) is 0 Å². The largest absolute Gasteiger partial charge is 0.481 e. The molecule has 0 atom stereocenters. The van der Waals surface area contributed by atoms with E-state index < -0.39 is 22.9 Å². The van der Waals surface area contributed by atoms with Crippen LogP contribution in [0.1, 0.15) is 25.0 Å². The van der Waals surface area contributed by atoms with Crippen molar-refractivity contribution in [2.45, 2.75) is 25.6 Å². The fraction of sp³-hybridized carbons (Fsp3) is 0.222. The van der Waals surface area contributed by atoms with E-state index in [1.165, 1.54) is 29.0 Å². The lowest BCUT2D eigenvalue weighted by atomic mass is 9.93. The van der Waals surface area contributed by atoms with Gasteiger partial charge < -0.3 is 10.1 Å². The lowest BCUT2D eigenvalue weighted by molar-refractivity contribution is -0.137. The highest BCUT2D eigenvalue weighted by Crippen LogP contribution is 2.42. The van der Waals surface area contributed by atoms with Crippen molar-refractivity contribution in [1.29, 1.82) is 0 Å². The summed E-state index contributed by atoms with van der Waals surface area (Å²) >= 11 is 0. The Morgan fingerprint density at radius 3 is 2.54 bits per heavy atom. The van der Waals surface area contributed by atoms with Crippen molar-refractivity contribution >= 4 is 12.1 Å². The summed E-state index contributed by atoms with van der Waals surface area (Å²) in [5, 5.41) is 2.48. The quantitative estimate of drug-likeness (QED) is 0.852. The number of amides is 1. The van der Waals surface area contributed by atoms with Crippen LogP contribution in [0.2, 0.25) is 0 Å². The predicted octanol–water partition coefficient (Wildman–Crippen LogP) is 3.00. The van der Waals surface area contributed by atoms with Crippen LogP contribution in [0.4, 0.5) is 13.2 Å². The number of hydrogen-bond donors (Lipinski definition) is 1. The Balaban J connectivity index is 2.39. The van der Waals surface area contributed by atoms with E-state index in [-0.39, 0.29) is 22.7 Å². The van der Waals surface area contributed by atoms with Gasteiger partial charge in [0.1, 0.15) is 11.4 Å². The normalized spacial score (nSPS) is 15.9. The lowest BCUT2D eigenvalue weighted by Crippen LogP contribution is -2.43. The van der Waals surface area contributed by atoms with Gasteiger partial charge in [0, 0.05) is 17.8 Å². The molecule has 1 N–H and O–H groups in total. The summed E-state index contributed by atoms with van der Waals surface area (Å²) in [6.07, 6.45) is -2.74. The van der Waals surface area contributed by atoms with Crippen molar-refractivity contribution in [1.82, 2.24) is 9.88 Å². The summed E-state index contributed by atoms with van der Waals surface area (Å²) in [7, 11) is 0. The number of nitrogens with one attached hydrogen (secondary N) is 1. The number of alkyl halides is 3. The van der Waals surface area contributed by atoms with Crippen molar-refractivity contribution in [3.05, 3.63) is 69.8 Å². The van der Waals surface area contributed by atoms with E-state index in [1.807, 2.05) is 0 Å². The third-order valence-corrected chi connectivity index (χ3v) is 4.03. The van der Waals surface area contributed by atoms with E-state index in [9.17, 15) is 22.8 Å². The molecule has 1 aromatic heterocycles. The van der Waals surface area contributed by atoms with Crippen molar-refractivity contribution in [3.8, 4) is 5.75 Å². The Labute approximate surface area is 146 Å². The second-order valence-corrected chi connectivity index (χ2v) is 6.22. The second kappa shape index (κ2) is 6.05. The van der Waals surface area contributed by atoms with Crippen LogP contribution in [0.25, 0.3) is 5.70 Å². The Morgan fingerprint density at radius 2 is 1.92 bits per heavy atom. The highest BCUT2D eigenvalue weighted by Gasteiger charge is 2.38. The number of carbonyl (C=O) groups is 1. The molecule has 0 spiro atoms. The Bertz CT molecular complexity index is 959. The molecular formula is C18H15F3N2O3. The number of rotatable bonds is 3. The highest BCUT2D eigenvalue weighted by atomic mass is 19.4. The van der Waals surface area contributed by atoms with Gasteiger partial charge in [-0.1, -0.05) is 6.07 Å². The zero-order chi connectivity index (χ0) is 19.1. The monoisotopic (exact) mass is 364 g/mol. The predicted molar refractivity (Wildman–Crippen MR) is 88.4 cm³/mol. The van der Waals surface area contributed by atoms with E-state index in [4.69, 9.17) is 4.74 Å². The molecule has 26 heavy (non-hydrogen) atoms. The molecule has 1 amide bonds. The first kappa shape index (κ1) is 17.8. The van der Waals surface area contributed by atoms with Crippen molar-refractivity contribution < 1.29 is 22.7 Å². The number of nitrogens with zero attached hydrogens (tertiary/aromatic N) is 1. The zero-order valence-corrected chi connectivity index (χ0v) is 13.9. The van der Waals surface area contributed by atoms with Gasteiger partial charge in [0.05, 0.1) is 17.0 Å². The molecule has 0 radical (unpaired) electrons. The van der Waals surface area contributed by atoms with Crippen LogP contribution in [0.15, 0.2) is 53.1 Å². The fourth-order valence-electron chi connectivity index (χ4n) is 2.89. The third-order valence-electron chi connectivity index (χ3n) is 4.03. The maximum Gasteiger partial charge on any atom is 0.416 e. The first-order valence-corrected chi connectivity index (χ1v) is 7.69. The average molecular weight is 364 g/mol. The minimum atomic E-state index is -4.56. The van der Waals surface area contributed by atoms with E-state index in [0.717, 1.165) is 12.1 Å². The number of carbonyl (C=O) groups excluding carboxylic acids is 1. The number of aromatic nitrogens is 1. The summed E-state index contributed by atoms with van der Waals surface area (Å²) in [6, 6.07) is 7.41. The smallest absolute Gasteiger partial charge is 0.416 e. The van der Waals surface area contributed by atoms with Crippen LogP contribution in [0.5, 0.6) is 5.75 Å². The molecule has 0 unspecified atom stereocenters. The number of hydrogen-bond acceptors (Lipinski definition) is 3. The molecule has 3 rings (SSSR count). The topological polar surface area (TPSA) is 60.3 Å². The van der Waals surface area contributed by atoms with Crippen LogP contribution in [-0.4, -0.2) is 16.6 Å². The Kier molecular flexibility index (Phi) is 4.14. The van der Waals surface area contributed by atoms with Gasteiger partial charge in [0.25, 0.3) is 5.56 Å². The number of pyridine rings is 1. The number of halogens is 3. The van der Waals surface area contributed by atoms with Gasteiger partial charge in [0.2, 0.25) is 6.41 Å². The van der Waals surface area contributed by atoms with Gasteiger partial charge in [0.15, 0.2) is 0 Å². The van der Waals surface area contributed by atoms with Crippen LogP contribution in [0, 0.1) is 0 Å². The summed E-state index contributed by atoms with van der Waals surface area (Å²) in [5.74, 6) is 0.185. The molecule has 5 nitrogen and oxygen atoms in total. The summed E-state index contributed by atoms with van der Waals surface area (Å²) in [6.45, 7) is 3.29. The molecular weight excluding hydrogens is 349 g/mol. The first-order chi connectivity index (χ1) is 12.1. The Hall–Kier alpha value is -3.03. The molecule has 8 heteroatoms. The molecule has 0 fully saturated rings. The minimum Gasteiger partial charge on any atom is -0.481 e. The van der Waals surface area contributed by atoms with Crippen molar-refractivity contribution in [2.24, 2.45) is 0 Å². The number of fused-ring (bicyclic) bond motifs is 1. The lowest BCUT2D eigenvalue weighted by Gasteiger charge is -2.36. The molecule has 2 heterocycles. The second-order valence-electron chi connectivity index (χ2n) is 6.22. The Morgan fingerprint density at radius 1 is 1.19 bits per heavy atom. The molecule has 136 valence electrons. The number of ether oxygens (including phenoxy) is 1. The van der Waals surface area contributed by atoms with E-state index in [1.54, 1.807) is 19.9 Å². The van der Waals surface area contributed by atoms with Gasteiger partial charge in [-0.25, -0.2) is 0 Å². The van der Waals surface area contributed by atoms with Crippen LogP contribution >= 0.6 is 0 Å². The summed E-state index contributed by atoms with van der Waals surface area (Å²) in [4.78, 5) is 23.4. The van der Waals surface area contributed by atoms with Crippen LogP contribution in [-0.2, 0) is 11.0 Å². The molecule has 1 aromatic carbocycles.